The molecule has 0 radical (unpaired) electrons. The number of nitrogens with one attached hydrogen (secondary N) is 1. The summed E-state index contributed by atoms with van der Waals surface area (Å²) in [6, 6.07) is 11.3. The van der Waals surface area contributed by atoms with E-state index in [-0.39, 0.29) is 36.5 Å². The molecule has 0 aliphatic carbocycles. The Labute approximate surface area is 185 Å². The smallest absolute Gasteiger partial charge is 0.497 e. The standard InChI is InChI=1S/C21H17F3N4O5/c1-31-16-4-2-3-12(9-16)18(30)25-20-27-26-19(32-20)13-10-17(29)28(11-13)14-5-7-15(8-6-14)33-21(22,23)24/h2-9,13H,10-11H2,1H3,(H,25,27,30). The van der Waals surface area contributed by atoms with Crippen molar-refractivity contribution in [2.45, 2.75) is 18.7 Å². The van der Waals surface area contributed by atoms with Gasteiger partial charge in [0.2, 0.25) is 11.8 Å². The molecule has 2 amide bonds. The monoisotopic (exact) mass is 462 g/mol. The van der Waals surface area contributed by atoms with Crippen LogP contribution in [0.25, 0.3) is 0 Å². The molecule has 0 saturated carbocycles. The van der Waals surface area contributed by atoms with Crippen LogP contribution in [0.4, 0.5) is 24.9 Å². The number of benzene rings is 2. The Kier molecular flexibility index (Phi) is 5.90. The van der Waals surface area contributed by atoms with E-state index >= 15 is 0 Å². The van der Waals surface area contributed by atoms with Crippen molar-refractivity contribution in [2.24, 2.45) is 0 Å². The summed E-state index contributed by atoms with van der Waals surface area (Å²) in [7, 11) is 1.48. The lowest BCUT2D eigenvalue weighted by Gasteiger charge is -2.17. The number of nitrogens with zero attached hydrogens (tertiary/aromatic N) is 3. The van der Waals surface area contributed by atoms with E-state index in [4.69, 9.17) is 9.15 Å². The largest absolute Gasteiger partial charge is 0.573 e. The molecule has 172 valence electrons. The highest BCUT2D eigenvalue weighted by Crippen LogP contribution is 2.33. The summed E-state index contributed by atoms with van der Waals surface area (Å²) in [4.78, 5) is 26.2. The van der Waals surface area contributed by atoms with Crippen LogP contribution < -0.4 is 19.7 Å². The lowest BCUT2D eigenvalue weighted by atomic mass is 10.1. The second-order valence-corrected chi connectivity index (χ2v) is 7.08. The van der Waals surface area contributed by atoms with Crippen molar-refractivity contribution in [3.8, 4) is 11.5 Å². The van der Waals surface area contributed by atoms with Crippen LogP contribution in [0.1, 0.15) is 28.6 Å². The van der Waals surface area contributed by atoms with Gasteiger partial charge in [-0.05, 0) is 42.5 Å². The van der Waals surface area contributed by atoms with Crippen molar-refractivity contribution in [2.75, 3.05) is 23.9 Å². The van der Waals surface area contributed by atoms with Crippen molar-refractivity contribution < 1.29 is 36.7 Å². The fourth-order valence-electron chi connectivity index (χ4n) is 3.33. The van der Waals surface area contributed by atoms with Crippen LogP contribution in [0.15, 0.2) is 52.9 Å². The fraction of sp³-hybridized carbons (Fsp3) is 0.238. The Morgan fingerprint density at radius 2 is 1.91 bits per heavy atom. The first-order chi connectivity index (χ1) is 15.7. The number of carbonyl (C=O) groups excluding carboxylic acids is 2. The third kappa shape index (κ3) is 5.22. The molecule has 12 heteroatoms. The molecule has 0 bridgehead atoms. The first-order valence-electron chi connectivity index (χ1n) is 9.67. The Balaban J connectivity index is 1.41. The SMILES string of the molecule is COc1cccc(C(=O)Nc2nnc(C3CC(=O)N(c4ccc(OC(F)(F)F)cc4)C3)o2)c1. The van der Waals surface area contributed by atoms with E-state index in [1.807, 2.05) is 0 Å². The lowest BCUT2D eigenvalue weighted by Crippen LogP contribution is -2.24. The number of amides is 2. The van der Waals surface area contributed by atoms with Gasteiger partial charge < -0.3 is 18.8 Å². The van der Waals surface area contributed by atoms with E-state index in [9.17, 15) is 22.8 Å². The predicted octanol–water partition coefficient (Wildman–Crippen LogP) is 3.75. The van der Waals surface area contributed by atoms with E-state index in [1.165, 1.54) is 24.1 Å². The zero-order valence-corrected chi connectivity index (χ0v) is 17.1. The molecule has 0 spiro atoms. The van der Waals surface area contributed by atoms with Gasteiger partial charge in [-0.2, -0.15) is 0 Å². The van der Waals surface area contributed by atoms with Gasteiger partial charge >= 0.3 is 12.4 Å². The molecule has 1 aliphatic heterocycles. The van der Waals surface area contributed by atoms with Crippen molar-refractivity contribution in [1.82, 2.24) is 10.2 Å². The maximum absolute atomic E-state index is 12.4. The number of alkyl halides is 3. The molecule has 1 aliphatic rings. The Morgan fingerprint density at radius 1 is 1.15 bits per heavy atom. The molecule has 1 unspecified atom stereocenters. The second kappa shape index (κ2) is 8.81. The fourth-order valence-corrected chi connectivity index (χ4v) is 3.33. The third-order valence-electron chi connectivity index (χ3n) is 4.85. The number of anilines is 2. The summed E-state index contributed by atoms with van der Waals surface area (Å²) < 4.78 is 51.4. The zero-order chi connectivity index (χ0) is 23.6. The number of ether oxygens (including phenoxy) is 2. The summed E-state index contributed by atoms with van der Waals surface area (Å²) in [6.45, 7) is 0.184. The first-order valence-corrected chi connectivity index (χ1v) is 9.67. The van der Waals surface area contributed by atoms with Gasteiger partial charge in [-0.3, -0.25) is 14.9 Å². The molecule has 1 aromatic heterocycles. The topological polar surface area (TPSA) is 107 Å². The number of hydrogen-bond donors (Lipinski definition) is 1. The number of aromatic nitrogens is 2. The van der Waals surface area contributed by atoms with Crippen LogP contribution in [-0.2, 0) is 4.79 Å². The molecule has 1 saturated heterocycles. The summed E-state index contributed by atoms with van der Waals surface area (Å²) >= 11 is 0. The third-order valence-corrected chi connectivity index (χ3v) is 4.85. The molecule has 9 nitrogen and oxygen atoms in total. The van der Waals surface area contributed by atoms with Gasteiger partial charge in [0.25, 0.3) is 5.91 Å². The van der Waals surface area contributed by atoms with Gasteiger partial charge in [-0.15, -0.1) is 18.3 Å². The van der Waals surface area contributed by atoms with Crippen molar-refractivity contribution >= 4 is 23.5 Å². The molecule has 1 fully saturated rings. The van der Waals surface area contributed by atoms with Gasteiger partial charge in [0.1, 0.15) is 11.5 Å². The van der Waals surface area contributed by atoms with Crippen molar-refractivity contribution in [1.29, 1.82) is 0 Å². The van der Waals surface area contributed by atoms with Gasteiger partial charge in [0, 0.05) is 24.2 Å². The number of halogens is 3. The van der Waals surface area contributed by atoms with Gasteiger partial charge in [-0.25, -0.2) is 0 Å². The summed E-state index contributed by atoms with van der Waals surface area (Å²) in [6.07, 6.45) is -4.74. The van der Waals surface area contributed by atoms with Crippen LogP contribution >= 0.6 is 0 Å². The lowest BCUT2D eigenvalue weighted by molar-refractivity contribution is -0.274. The zero-order valence-electron chi connectivity index (χ0n) is 17.1. The highest BCUT2D eigenvalue weighted by molar-refractivity contribution is 6.03. The first kappa shape index (κ1) is 22.1. The molecular weight excluding hydrogens is 445 g/mol. The number of rotatable bonds is 6. The minimum atomic E-state index is -4.80. The maximum Gasteiger partial charge on any atom is 0.573 e. The Hall–Kier alpha value is -4.09. The van der Waals surface area contributed by atoms with Crippen LogP contribution in [0.3, 0.4) is 0 Å². The molecular formula is C21H17F3N4O5. The van der Waals surface area contributed by atoms with E-state index in [0.29, 0.717) is 17.0 Å². The van der Waals surface area contributed by atoms with E-state index in [1.54, 1.807) is 24.3 Å². The van der Waals surface area contributed by atoms with Crippen LogP contribution in [0, 0.1) is 0 Å². The van der Waals surface area contributed by atoms with Gasteiger partial charge in [0.15, 0.2) is 0 Å². The molecule has 33 heavy (non-hydrogen) atoms. The number of methoxy groups -OCH3 is 1. The minimum absolute atomic E-state index is 0.0618. The average Bonchev–Trinajstić information content (AvgIpc) is 3.40. The molecule has 1 atom stereocenters. The Morgan fingerprint density at radius 3 is 2.61 bits per heavy atom. The van der Waals surface area contributed by atoms with Gasteiger partial charge in [-0.1, -0.05) is 11.2 Å². The van der Waals surface area contributed by atoms with Crippen LogP contribution in [0.2, 0.25) is 0 Å². The normalized spacial score (nSPS) is 16.1. The molecule has 1 N–H and O–H groups in total. The summed E-state index contributed by atoms with van der Waals surface area (Å²) in [5, 5.41) is 10.2. The highest BCUT2D eigenvalue weighted by Gasteiger charge is 2.35. The number of carbonyl (C=O) groups is 2. The quantitative estimate of drug-likeness (QED) is 0.595. The van der Waals surface area contributed by atoms with Crippen LogP contribution in [-0.4, -0.2) is 42.0 Å². The van der Waals surface area contributed by atoms with Crippen molar-refractivity contribution in [3.63, 3.8) is 0 Å². The highest BCUT2D eigenvalue weighted by atomic mass is 19.4. The summed E-state index contributed by atoms with van der Waals surface area (Å²) in [5.41, 5.74) is 0.734. The molecule has 4 rings (SSSR count). The molecule has 3 aromatic rings. The van der Waals surface area contributed by atoms with Crippen molar-refractivity contribution in [3.05, 3.63) is 60.0 Å². The van der Waals surface area contributed by atoms with Crippen LogP contribution in [0.5, 0.6) is 11.5 Å². The predicted molar refractivity (Wildman–Crippen MR) is 108 cm³/mol. The average molecular weight is 462 g/mol. The number of hydrogen-bond acceptors (Lipinski definition) is 7. The molecule has 2 aromatic carbocycles. The van der Waals surface area contributed by atoms with E-state index in [2.05, 4.69) is 20.3 Å². The van der Waals surface area contributed by atoms with E-state index in [0.717, 1.165) is 12.1 Å². The summed E-state index contributed by atoms with van der Waals surface area (Å²) in [5.74, 6) is -0.902. The van der Waals surface area contributed by atoms with E-state index < -0.39 is 18.2 Å². The molecule has 2 heterocycles. The second-order valence-electron chi connectivity index (χ2n) is 7.08. The van der Waals surface area contributed by atoms with Gasteiger partial charge in [0.05, 0.1) is 13.0 Å². The minimum Gasteiger partial charge on any atom is -0.497 e. The Bertz CT molecular complexity index is 1160. The maximum atomic E-state index is 12.4.